The molecular formula is C17H16BrFN2O3. The first kappa shape index (κ1) is 16.7. The van der Waals surface area contributed by atoms with E-state index in [-0.39, 0.29) is 30.1 Å². The number of amides is 2. The number of nitrogens with one attached hydrogen (secondary N) is 1. The van der Waals surface area contributed by atoms with Gasteiger partial charge in [0.15, 0.2) is 10.4 Å². The summed E-state index contributed by atoms with van der Waals surface area (Å²) in [5, 5.41) is 2.57. The van der Waals surface area contributed by atoms with Gasteiger partial charge in [-0.2, -0.15) is 0 Å². The number of carbonyl (C=O) groups excluding carboxylic acids is 2. The van der Waals surface area contributed by atoms with E-state index >= 15 is 0 Å². The van der Waals surface area contributed by atoms with Gasteiger partial charge in [0.2, 0.25) is 5.91 Å². The molecule has 24 heavy (non-hydrogen) atoms. The maximum Gasteiger partial charge on any atom is 0.287 e. The van der Waals surface area contributed by atoms with Gasteiger partial charge in [-0.15, -0.1) is 0 Å². The van der Waals surface area contributed by atoms with E-state index in [0.717, 1.165) is 18.4 Å². The SMILES string of the molecule is O=C(NCC(=O)N1CCCC1c1ccc(F)cc1)c1ccc(Br)o1. The van der Waals surface area contributed by atoms with Crippen LogP contribution in [0.5, 0.6) is 0 Å². The van der Waals surface area contributed by atoms with Gasteiger partial charge in [0.25, 0.3) is 5.91 Å². The Morgan fingerprint density at radius 2 is 2.00 bits per heavy atom. The number of hydrogen-bond donors (Lipinski definition) is 1. The number of hydrogen-bond acceptors (Lipinski definition) is 3. The van der Waals surface area contributed by atoms with Crippen LogP contribution in [0.3, 0.4) is 0 Å². The highest BCUT2D eigenvalue weighted by Crippen LogP contribution is 2.31. The second-order valence-corrected chi connectivity index (χ2v) is 6.36. The van der Waals surface area contributed by atoms with Crippen LogP contribution < -0.4 is 5.32 Å². The largest absolute Gasteiger partial charge is 0.444 e. The highest BCUT2D eigenvalue weighted by molar-refractivity contribution is 9.10. The van der Waals surface area contributed by atoms with Gasteiger partial charge >= 0.3 is 0 Å². The molecular weight excluding hydrogens is 379 g/mol. The molecule has 2 aromatic rings. The fourth-order valence-corrected chi connectivity index (χ4v) is 3.18. The Morgan fingerprint density at radius 3 is 2.67 bits per heavy atom. The van der Waals surface area contributed by atoms with Gasteiger partial charge in [0.1, 0.15) is 5.82 Å². The average molecular weight is 395 g/mol. The molecule has 1 aliphatic heterocycles. The summed E-state index contributed by atoms with van der Waals surface area (Å²) in [6.07, 6.45) is 1.71. The van der Waals surface area contributed by atoms with E-state index < -0.39 is 5.91 Å². The van der Waals surface area contributed by atoms with Crippen molar-refractivity contribution in [2.75, 3.05) is 13.1 Å². The van der Waals surface area contributed by atoms with Crippen molar-refractivity contribution in [3.8, 4) is 0 Å². The molecule has 1 aromatic heterocycles. The molecule has 2 heterocycles. The first-order valence-electron chi connectivity index (χ1n) is 7.63. The van der Waals surface area contributed by atoms with Crippen LogP contribution in [0.1, 0.15) is 35.0 Å². The summed E-state index contributed by atoms with van der Waals surface area (Å²) in [5.74, 6) is -0.759. The van der Waals surface area contributed by atoms with Gasteiger partial charge in [0.05, 0.1) is 12.6 Å². The third-order valence-corrected chi connectivity index (χ3v) is 4.45. The van der Waals surface area contributed by atoms with Gasteiger partial charge in [-0.3, -0.25) is 9.59 Å². The number of rotatable bonds is 4. The fourth-order valence-electron chi connectivity index (χ4n) is 2.88. The Balaban J connectivity index is 1.61. The van der Waals surface area contributed by atoms with Crippen LogP contribution in [0.25, 0.3) is 0 Å². The predicted molar refractivity (Wildman–Crippen MR) is 88.8 cm³/mol. The first-order chi connectivity index (χ1) is 11.5. The molecule has 1 aromatic carbocycles. The van der Waals surface area contributed by atoms with Crippen LogP contribution in [0.4, 0.5) is 4.39 Å². The molecule has 0 spiro atoms. The highest BCUT2D eigenvalue weighted by atomic mass is 79.9. The Morgan fingerprint density at radius 1 is 1.25 bits per heavy atom. The molecule has 1 fully saturated rings. The smallest absolute Gasteiger partial charge is 0.287 e. The maximum atomic E-state index is 13.1. The summed E-state index contributed by atoms with van der Waals surface area (Å²) in [4.78, 5) is 26.1. The van der Waals surface area contributed by atoms with Crippen LogP contribution >= 0.6 is 15.9 Å². The Hall–Kier alpha value is -2.15. The molecule has 1 unspecified atom stereocenters. The van der Waals surface area contributed by atoms with E-state index in [2.05, 4.69) is 21.2 Å². The minimum Gasteiger partial charge on any atom is -0.444 e. The van der Waals surface area contributed by atoms with Crippen molar-refractivity contribution in [3.05, 3.63) is 58.2 Å². The number of nitrogens with zero attached hydrogens (tertiary/aromatic N) is 1. The maximum absolute atomic E-state index is 13.1. The summed E-state index contributed by atoms with van der Waals surface area (Å²) in [5.41, 5.74) is 0.906. The van der Waals surface area contributed by atoms with Crippen molar-refractivity contribution in [3.63, 3.8) is 0 Å². The van der Waals surface area contributed by atoms with E-state index in [9.17, 15) is 14.0 Å². The molecule has 1 N–H and O–H groups in total. The molecule has 1 saturated heterocycles. The second kappa shape index (κ2) is 7.17. The number of benzene rings is 1. The summed E-state index contributed by atoms with van der Waals surface area (Å²) in [6, 6.07) is 9.25. The lowest BCUT2D eigenvalue weighted by Crippen LogP contribution is -2.39. The molecule has 1 atom stereocenters. The van der Waals surface area contributed by atoms with Gasteiger partial charge < -0.3 is 14.6 Å². The van der Waals surface area contributed by atoms with Crippen molar-refractivity contribution >= 4 is 27.7 Å². The zero-order chi connectivity index (χ0) is 17.1. The van der Waals surface area contributed by atoms with Crippen LogP contribution in [0.2, 0.25) is 0 Å². The van der Waals surface area contributed by atoms with Crippen molar-refractivity contribution in [2.45, 2.75) is 18.9 Å². The third-order valence-electron chi connectivity index (χ3n) is 4.03. The lowest BCUT2D eigenvalue weighted by atomic mass is 10.0. The standard InChI is InChI=1S/C17H16BrFN2O3/c18-15-8-7-14(24-15)17(23)20-10-16(22)21-9-1-2-13(21)11-3-5-12(19)6-4-11/h3-8,13H,1-2,9-10H2,(H,20,23). The minimum absolute atomic E-state index is 0.0761. The van der Waals surface area contributed by atoms with E-state index in [0.29, 0.717) is 11.2 Å². The summed E-state index contributed by atoms with van der Waals surface area (Å²) < 4.78 is 18.7. The van der Waals surface area contributed by atoms with Gasteiger partial charge in [-0.05, 0) is 58.6 Å². The second-order valence-electron chi connectivity index (χ2n) is 5.58. The predicted octanol–water partition coefficient (Wildman–Crippen LogP) is 3.27. The summed E-state index contributed by atoms with van der Waals surface area (Å²) in [7, 11) is 0. The van der Waals surface area contributed by atoms with E-state index in [1.165, 1.54) is 18.2 Å². The lowest BCUT2D eigenvalue weighted by Gasteiger charge is -2.25. The topological polar surface area (TPSA) is 62.6 Å². The number of carbonyl (C=O) groups is 2. The normalized spacial score (nSPS) is 17.1. The molecule has 0 saturated carbocycles. The number of furan rings is 1. The zero-order valence-electron chi connectivity index (χ0n) is 12.8. The molecule has 7 heteroatoms. The van der Waals surface area contributed by atoms with Crippen molar-refractivity contribution < 1.29 is 18.4 Å². The number of likely N-dealkylation sites (tertiary alicyclic amines) is 1. The summed E-state index contributed by atoms with van der Waals surface area (Å²) in [6.45, 7) is 0.526. The van der Waals surface area contributed by atoms with Crippen LogP contribution in [0.15, 0.2) is 45.5 Å². The molecule has 3 rings (SSSR count). The Bertz CT molecular complexity index is 745. The molecule has 126 valence electrons. The van der Waals surface area contributed by atoms with Crippen LogP contribution in [-0.4, -0.2) is 29.8 Å². The quantitative estimate of drug-likeness (QED) is 0.865. The Labute approximate surface area is 146 Å². The molecule has 1 aliphatic rings. The molecule has 0 bridgehead atoms. The molecule has 0 radical (unpaired) electrons. The first-order valence-corrected chi connectivity index (χ1v) is 8.42. The average Bonchev–Trinajstić information content (AvgIpc) is 3.22. The van der Waals surface area contributed by atoms with Crippen molar-refractivity contribution in [1.29, 1.82) is 0 Å². The third kappa shape index (κ3) is 3.67. The van der Waals surface area contributed by atoms with Crippen molar-refractivity contribution in [1.82, 2.24) is 10.2 Å². The van der Waals surface area contributed by atoms with E-state index in [1.807, 2.05) is 0 Å². The fraction of sp³-hybridized carbons (Fsp3) is 0.294. The molecule has 0 aliphatic carbocycles. The monoisotopic (exact) mass is 394 g/mol. The van der Waals surface area contributed by atoms with Gasteiger partial charge in [0, 0.05) is 6.54 Å². The zero-order valence-corrected chi connectivity index (χ0v) is 14.4. The molecule has 5 nitrogen and oxygen atoms in total. The molecule has 2 amide bonds. The van der Waals surface area contributed by atoms with E-state index in [1.54, 1.807) is 23.1 Å². The summed E-state index contributed by atoms with van der Waals surface area (Å²) >= 11 is 3.12. The van der Waals surface area contributed by atoms with E-state index in [4.69, 9.17) is 4.42 Å². The van der Waals surface area contributed by atoms with Crippen LogP contribution in [0, 0.1) is 5.82 Å². The highest BCUT2D eigenvalue weighted by Gasteiger charge is 2.30. The number of halogens is 2. The Kier molecular flexibility index (Phi) is 4.99. The van der Waals surface area contributed by atoms with Crippen molar-refractivity contribution in [2.24, 2.45) is 0 Å². The van der Waals surface area contributed by atoms with Gasteiger partial charge in [-0.1, -0.05) is 12.1 Å². The van der Waals surface area contributed by atoms with Gasteiger partial charge in [-0.25, -0.2) is 4.39 Å². The lowest BCUT2D eigenvalue weighted by molar-refractivity contribution is -0.131. The minimum atomic E-state index is -0.438. The van der Waals surface area contributed by atoms with Crippen LogP contribution in [-0.2, 0) is 4.79 Å².